The van der Waals surface area contributed by atoms with Crippen LogP contribution in [0.25, 0.3) is 0 Å². The minimum absolute atomic E-state index is 0.292. The van der Waals surface area contributed by atoms with Gasteiger partial charge in [0.25, 0.3) is 0 Å². The van der Waals surface area contributed by atoms with Crippen LogP contribution in [0.1, 0.15) is 6.92 Å². The van der Waals surface area contributed by atoms with Crippen molar-refractivity contribution in [3.05, 3.63) is 24.3 Å². The van der Waals surface area contributed by atoms with Crippen LogP contribution >= 0.6 is 0 Å². The summed E-state index contributed by atoms with van der Waals surface area (Å²) in [5.41, 5.74) is 1.10. The van der Waals surface area contributed by atoms with E-state index in [1.807, 2.05) is 18.2 Å². The van der Waals surface area contributed by atoms with Gasteiger partial charge in [-0.3, -0.25) is 0 Å². The molecule has 2 rings (SSSR count). The molecule has 0 aliphatic carbocycles. The molecule has 0 saturated carbocycles. The fraction of sp³-hybridized carbons (Fsp3) is 0.417. The van der Waals surface area contributed by atoms with Crippen molar-refractivity contribution in [1.29, 1.82) is 0 Å². The fourth-order valence-corrected chi connectivity index (χ4v) is 1.82. The zero-order chi connectivity index (χ0) is 11.5. The van der Waals surface area contributed by atoms with Crippen molar-refractivity contribution in [2.24, 2.45) is 5.92 Å². The largest absolute Gasteiger partial charge is 0.482 e. The van der Waals surface area contributed by atoms with E-state index in [0.29, 0.717) is 5.75 Å². The van der Waals surface area contributed by atoms with Crippen molar-refractivity contribution < 1.29 is 14.6 Å². The Hall–Kier alpha value is -1.71. The minimum atomic E-state index is -0.956. The molecule has 0 spiro atoms. The van der Waals surface area contributed by atoms with E-state index in [1.54, 1.807) is 6.07 Å². The van der Waals surface area contributed by atoms with Gasteiger partial charge < -0.3 is 14.7 Å². The smallest absolute Gasteiger partial charge is 0.341 e. The lowest BCUT2D eigenvalue weighted by Gasteiger charge is -2.39. The van der Waals surface area contributed by atoms with E-state index in [0.717, 1.165) is 24.7 Å². The molecule has 1 saturated heterocycles. The number of hydrogen-bond acceptors (Lipinski definition) is 3. The van der Waals surface area contributed by atoms with Gasteiger partial charge >= 0.3 is 5.97 Å². The molecule has 4 nitrogen and oxygen atoms in total. The Morgan fingerprint density at radius 1 is 1.56 bits per heavy atom. The van der Waals surface area contributed by atoms with Gasteiger partial charge in [-0.05, 0) is 18.1 Å². The predicted molar refractivity (Wildman–Crippen MR) is 60.9 cm³/mol. The molecular formula is C12H15NO3. The average molecular weight is 221 g/mol. The highest BCUT2D eigenvalue weighted by molar-refractivity contribution is 5.68. The quantitative estimate of drug-likeness (QED) is 0.839. The normalized spacial score (nSPS) is 15.7. The number of hydrogen-bond donors (Lipinski definition) is 1. The molecule has 1 aliphatic heterocycles. The molecule has 1 aromatic carbocycles. The lowest BCUT2D eigenvalue weighted by Crippen LogP contribution is -2.45. The molecular weight excluding hydrogens is 206 g/mol. The van der Waals surface area contributed by atoms with Crippen LogP contribution in [-0.2, 0) is 4.79 Å². The van der Waals surface area contributed by atoms with Crippen LogP contribution in [0, 0.1) is 5.92 Å². The third-order valence-corrected chi connectivity index (χ3v) is 2.61. The molecule has 0 aromatic heterocycles. The molecule has 0 amide bonds. The maximum Gasteiger partial charge on any atom is 0.341 e. The third-order valence-electron chi connectivity index (χ3n) is 2.61. The Labute approximate surface area is 94.4 Å². The van der Waals surface area contributed by atoms with E-state index in [9.17, 15) is 4.79 Å². The van der Waals surface area contributed by atoms with Crippen molar-refractivity contribution in [2.45, 2.75) is 6.92 Å². The first-order chi connectivity index (χ1) is 7.65. The van der Waals surface area contributed by atoms with Gasteiger partial charge in [-0.2, -0.15) is 0 Å². The van der Waals surface area contributed by atoms with Crippen LogP contribution in [-0.4, -0.2) is 30.8 Å². The van der Waals surface area contributed by atoms with Gasteiger partial charge in [-0.15, -0.1) is 0 Å². The molecule has 4 heteroatoms. The number of aliphatic carboxylic acids is 1. The van der Waals surface area contributed by atoms with Crippen LogP contribution in [0.2, 0.25) is 0 Å². The molecule has 0 unspecified atom stereocenters. The Morgan fingerprint density at radius 2 is 2.31 bits per heavy atom. The number of ether oxygens (including phenoxy) is 1. The summed E-state index contributed by atoms with van der Waals surface area (Å²) in [5.74, 6) is 0.394. The second kappa shape index (κ2) is 4.43. The molecule has 0 radical (unpaired) electrons. The molecule has 86 valence electrons. The topological polar surface area (TPSA) is 49.8 Å². The summed E-state index contributed by atoms with van der Waals surface area (Å²) >= 11 is 0. The number of nitrogens with zero attached hydrogens (tertiary/aromatic N) is 1. The van der Waals surface area contributed by atoms with E-state index in [4.69, 9.17) is 9.84 Å². The van der Waals surface area contributed by atoms with Crippen LogP contribution in [0.15, 0.2) is 24.3 Å². The van der Waals surface area contributed by atoms with Crippen molar-refractivity contribution in [2.75, 3.05) is 24.6 Å². The Kier molecular flexibility index (Phi) is 2.99. The molecule has 1 N–H and O–H groups in total. The Bertz CT molecular complexity index is 386. The summed E-state index contributed by atoms with van der Waals surface area (Å²) in [7, 11) is 0. The number of carbonyl (C=O) groups is 1. The van der Waals surface area contributed by atoms with Gasteiger partial charge in [0, 0.05) is 24.8 Å². The molecule has 16 heavy (non-hydrogen) atoms. The maximum absolute atomic E-state index is 10.4. The van der Waals surface area contributed by atoms with Gasteiger partial charge in [-0.25, -0.2) is 4.79 Å². The summed E-state index contributed by atoms with van der Waals surface area (Å²) in [6.45, 7) is 4.03. The monoisotopic (exact) mass is 221 g/mol. The number of benzene rings is 1. The molecule has 1 aliphatic rings. The highest BCUT2D eigenvalue weighted by atomic mass is 16.5. The van der Waals surface area contributed by atoms with Gasteiger partial charge in [0.2, 0.25) is 0 Å². The number of anilines is 1. The summed E-state index contributed by atoms with van der Waals surface area (Å²) in [6.07, 6.45) is 0. The lowest BCUT2D eigenvalue weighted by atomic mass is 10.0. The van der Waals surface area contributed by atoms with Gasteiger partial charge in [0.05, 0.1) is 0 Å². The molecule has 1 heterocycles. The standard InChI is InChI=1S/C12H15NO3/c1-9-6-13(7-9)10-3-2-4-11(5-10)16-8-12(14)15/h2-5,9H,6-8H2,1H3,(H,14,15). The zero-order valence-corrected chi connectivity index (χ0v) is 9.22. The Morgan fingerprint density at radius 3 is 2.94 bits per heavy atom. The first kappa shape index (κ1) is 10.8. The summed E-state index contributed by atoms with van der Waals surface area (Å²) in [4.78, 5) is 12.6. The fourth-order valence-electron chi connectivity index (χ4n) is 1.82. The second-order valence-corrected chi connectivity index (χ2v) is 4.19. The molecule has 0 atom stereocenters. The van der Waals surface area contributed by atoms with Crippen molar-refractivity contribution in [1.82, 2.24) is 0 Å². The first-order valence-electron chi connectivity index (χ1n) is 5.35. The van der Waals surface area contributed by atoms with E-state index in [1.165, 1.54) is 0 Å². The summed E-state index contributed by atoms with van der Waals surface area (Å²) in [6, 6.07) is 7.56. The summed E-state index contributed by atoms with van der Waals surface area (Å²) in [5, 5.41) is 8.51. The van der Waals surface area contributed by atoms with E-state index in [2.05, 4.69) is 11.8 Å². The highest BCUT2D eigenvalue weighted by Gasteiger charge is 2.22. The third kappa shape index (κ3) is 2.45. The predicted octanol–water partition coefficient (Wildman–Crippen LogP) is 1.61. The van der Waals surface area contributed by atoms with Crippen LogP contribution in [0.4, 0.5) is 5.69 Å². The van der Waals surface area contributed by atoms with Crippen LogP contribution in [0.3, 0.4) is 0 Å². The number of rotatable bonds is 4. The number of carboxylic acid groups (broad SMARTS) is 1. The second-order valence-electron chi connectivity index (χ2n) is 4.19. The van der Waals surface area contributed by atoms with Crippen molar-refractivity contribution >= 4 is 11.7 Å². The summed E-state index contributed by atoms with van der Waals surface area (Å²) < 4.78 is 5.13. The highest BCUT2D eigenvalue weighted by Crippen LogP contribution is 2.27. The van der Waals surface area contributed by atoms with Crippen molar-refractivity contribution in [3.8, 4) is 5.75 Å². The van der Waals surface area contributed by atoms with Crippen molar-refractivity contribution in [3.63, 3.8) is 0 Å². The molecule has 1 aromatic rings. The average Bonchev–Trinajstić information content (AvgIpc) is 2.22. The SMILES string of the molecule is CC1CN(c2cccc(OCC(=O)O)c2)C1. The first-order valence-corrected chi connectivity index (χ1v) is 5.35. The number of carboxylic acids is 1. The molecule has 0 bridgehead atoms. The van der Waals surface area contributed by atoms with Gasteiger partial charge in [0.15, 0.2) is 6.61 Å². The van der Waals surface area contributed by atoms with E-state index >= 15 is 0 Å². The van der Waals surface area contributed by atoms with Gasteiger partial charge in [-0.1, -0.05) is 13.0 Å². The van der Waals surface area contributed by atoms with Crippen LogP contribution in [0.5, 0.6) is 5.75 Å². The van der Waals surface area contributed by atoms with E-state index in [-0.39, 0.29) is 6.61 Å². The maximum atomic E-state index is 10.4. The minimum Gasteiger partial charge on any atom is -0.482 e. The Balaban J connectivity index is 1.99. The van der Waals surface area contributed by atoms with Crippen LogP contribution < -0.4 is 9.64 Å². The molecule has 1 fully saturated rings. The lowest BCUT2D eigenvalue weighted by molar-refractivity contribution is -0.139. The van der Waals surface area contributed by atoms with E-state index < -0.39 is 5.97 Å². The van der Waals surface area contributed by atoms with Gasteiger partial charge in [0.1, 0.15) is 5.75 Å². The zero-order valence-electron chi connectivity index (χ0n) is 9.22.